The van der Waals surface area contributed by atoms with Gasteiger partial charge in [-0.1, -0.05) is 77.5 Å². The van der Waals surface area contributed by atoms with Crippen molar-refractivity contribution in [2.45, 2.75) is 90.5 Å². The predicted octanol–water partition coefficient (Wildman–Crippen LogP) is 9.74. The van der Waals surface area contributed by atoms with E-state index in [0.717, 1.165) is 90.9 Å². The van der Waals surface area contributed by atoms with Crippen molar-refractivity contribution in [3.05, 3.63) is 59.9 Å². The fraction of sp³-hybridized carbons (Fsp3) is 0.469. The van der Waals surface area contributed by atoms with Gasteiger partial charge in [0.15, 0.2) is 0 Å². The highest BCUT2D eigenvalue weighted by molar-refractivity contribution is 6.74. The van der Waals surface area contributed by atoms with Gasteiger partial charge in [0.25, 0.3) is 8.32 Å². The van der Waals surface area contributed by atoms with Gasteiger partial charge in [0.2, 0.25) is 0 Å². The van der Waals surface area contributed by atoms with Crippen molar-refractivity contribution in [1.82, 2.24) is 15.2 Å². The summed E-state index contributed by atoms with van der Waals surface area (Å²) in [6.45, 7) is 9.10. The van der Waals surface area contributed by atoms with Gasteiger partial charge in [-0.05, 0) is 61.0 Å². The monoisotopic (exact) mass is 582 g/mol. The first-order chi connectivity index (χ1) is 19.7. The van der Waals surface area contributed by atoms with Crippen molar-refractivity contribution >= 4 is 19.6 Å². The number of pyridine rings is 1. The molecule has 3 heterocycles. The smallest absolute Gasteiger partial charge is 0.432 e. The van der Waals surface area contributed by atoms with Gasteiger partial charge in [-0.15, -0.1) is 0 Å². The van der Waals surface area contributed by atoms with Gasteiger partial charge < -0.3 is 4.43 Å². The van der Waals surface area contributed by atoms with Crippen LogP contribution in [0.5, 0.6) is 5.75 Å². The molecule has 1 aliphatic heterocycles. The fourth-order valence-electron chi connectivity index (χ4n) is 5.34. The van der Waals surface area contributed by atoms with Gasteiger partial charge >= 0.3 is 6.18 Å². The van der Waals surface area contributed by atoms with E-state index in [0.29, 0.717) is 17.9 Å². The molecule has 0 atom stereocenters. The van der Waals surface area contributed by atoms with Gasteiger partial charge in [-0.3, -0.25) is 10.1 Å². The van der Waals surface area contributed by atoms with Crippen LogP contribution in [0, 0.1) is 0 Å². The lowest BCUT2D eigenvalue weighted by Gasteiger charge is -2.33. The first-order valence-electron chi connectivity index (χ1n) is 14.8. The highest BCUT2D eigenvalue weighted by Gasteiger charge is 2.36. The molecule has 0 amide bonds. The summed E-state index contributed by atoms with van der Waals surface area (Å²) in [5.41, 5.74) is 3.87. The van der Waals surface area contributed by atoms with Crippen molar-refractivity contribution in [2.24, 2.45) is 4.99 Å². The molecule has 1 aliphatic rings. The van der Waals surface area contributed by atoms with Crippen LogP contribution in [-0.2, 0) is 6.18 Å². The molecule has 0 saturated carbocycles. The third kappa shape index (κ3) is 7.76. The Bertz CT molecular complexity index is 1360. The van der Waals surface area contributed by atoms with Crippen molar-refractivity contribution in [3.63, 3.8) is 0 Å². The summed E-state index contributed by atoms with van der Waals surface area (Å²) in [5.74, 6) is 0.844. The van der Waals surface area contributed by atoms with Gasteiger partial charge in [-0.2, -0.15) is 18.3 Å². The van der Waals surface area contributed by atoms with Gasteiger partial charge in [0.1, 0.15) is 17.1 Å². The number of aliphatic imine (C=N–C) groups is 1. The highest BCUT2D eigenvalue weighted by Crippen LogP contribution is 2.39. The summed E-state index contributed by atoms with van der Waals surface area (Å²) in [6, 6.07) is 16.3. The third-order valence-corrected chi connectivity index (χ3v) is 12.1. The van der Waals surface area contributed by atoms with Crippen molar-refractivity contribution in [3.8, 4) is 28.3 Å². The summed E-state index contributed by atoms with van der Waals surface area (Å²) >= 11 is 0. The number of para-hydroxylation sites is 1. The SMILES string of the molecule is CCCC[Si](CCCC)(CCCC)Oc1ccccc1-c1cc(C2=CC(C)=NC2)nc(-c2cc(C(F)(F)F)[nH]n2)c1. The zero-order chi connectivity index (χ0) is 29.5. The van der Waals surface area contributed by atoms with Crippen LogP contribution in [0.25, 0.3) is 28.1 Å². The molecule has 0 unspecified atom stereocenters. The average molecular weight is 583 g/mol. The first kappa shape index (κ1) is 30.7. The summed E-state index contributed by atoms with van der Waals surface area (Å²) in [7, 11) is -2.09. The molecule has 0 saturated heterocycles. The molecule has 1 aromatic carbocycles. The Hall–Kier alpha value is -3.20. The van der Waals surface area contributed by atoms with Crippen LogP contribution in [0.4, 0.5) is 13.2 Å². The number of hydrogen-bond donors (Lipinski definition) is 1. The van der Waals surface area contributed by atoms with Gasteiger partial charge in [0, 0.05) is 16.8 Å². The van der Waals surface area contributed by atoms with E-state index in [-0.39, 0.29) is 5.69 Å². The lowest BCUT2D eigenvalue weighted by atomic mass is 10.0. The maximum atomic E-state index is 13.4. The van der Waals surface area contributed by atoms with E-state index in [2.05, 4.69) is 36.0 Å². The van der Waals surface area contributed by atoms with E-state index >= 15 is 0 Å². The van der Waals surface area contributed by atoms with Crippen molar-refractivity contribution in [2.75, 3.05) is 6.54 Å². The van der Waals surface area contributed by atoms with Crippen LogP contribution in [0.15, 0.2) is 53.5 Å². The number of nitrogens with one attached hydrogen (secondary N) is 1. The third-order valence-electron chi connectivity index (χ3n) is 7.66. The Morgan fingerprint density at radius 2 is 1.51 bits per heavy atom. The van der Waals surface area contributed by atoms with Gasteiger partial charge in [0.05, 0.1) is 17.9 Å². The molecule has 5 nitrogen and oxygen atoms in total. The molecule has 0 aliphatic carbocycles. The molecule has 1 N–H and O–H groups in total. The summed E-state index contributed by atoms with van der Waals surface area (Å²) in [6.07, 6.45) is 4.31. The summed E-state index contributed by atoms with van der Waals surface area (Å²) < 4.78 is 47.3. The minimum absolute atomic E-state index is 0.146. The normalized spacial score (nSPS) is 13.8. The summed E-state index contributed by atoms with van der Waals surface area (Å²) in [5, 5.41) is 6.10. The number of aromatic nitrogens is 3. The largest absolute Gasteiger partial charge is 0.543 e. The number of H-pyrrole nitrogens is 1. The Morgan fingerprint density at radius 3 is 2.07 bits per heavy atom. The number of benzene rings is 1. The van der Waals surface area contributed by atoms with E-state index in [1.54, 1.807) is 0 Å². The van der Waals surface area contributed by atoms with E-state index in [9.17, 15) is 13.2 Å². The van der Waals surface area contributed by atoms with E-state index < -0.39 is 20.2 Å². The highest BCUT2D eigenvalue weighted by atomic mass is 28.4. The van der Waals surface area contributed by atoms with Gasteiger partial charge in [-0.25, -0.2) is 4.98 Å². The average Bonchev–Trinajstić information content (AvgIpc) is 3.64. The standard InChI is InChI=1S/C32H41F3N4OSi/c1-5-8-15-41(16-9-6-2,17-10-7-3)40-30-14-12-11-13-26(30)24-19-27(25-18-23(4)36-22-25)37-28(20-24)29-21-31(39-38-29)32(33,34)35/h11-14,18-21H,5-10,15-17,22H2,1-4H3,(H,38,39). The maximum absolute atomic E-state index is 13.4. The van der Waals surface area contributed by atoms with Crippen LogP contribution in [0.1, 0.15) is 77.6 Å². The molecule has 3 aromatic rings. The van der Waals surface area contributed by atoms with Crippen molar-refractivity contribution in [1.29, 1.82) is 0 Å². The number of hydrogen-bond acceptors (Lipinski definition) is 4. The second kappa shape index (κ2) is 13.6. The number of nitrogens with zero attached hydrogens (tertiary/aromatic N) is 3. The number of unbranched alkanes of at least 4 members (excludes halogenated alkanes) is 3. The molecule has 4 rings (SSSR count). The second-order valence-corrected chi connectivity index (χ2v) is 15.1. The zero-order valence-corrected chi connectivity index (χ0v) is 25.6. The Balaban J connectivity index is 1.81. The molecule has 9 heteroatoms. The van der Waals surface area contributed by atoms with Crippen LogP contribution in [-0.4, -0.2) is 35.8 Å². The quantitative estimate of drug-likeness (QED) is 0.192. The molecule has 0 bridgehead atoms. The Kier molecular flexibility index (Phi) is 10.2. The first-order valence-corrected chi connectivity index (χ1v) is 17.4. The molecular weight excluding hydrogens is 541 g/mol. The number of halogens is 3. The molecule has 0 spiro atoms. The number of alkyl halides is 3. The minimum Gasteiger partial charge on any atom is -0.543 e. The maximum Gasteiger partial charge on any atom is 0.432 e. The van der Waals surface area contributed by atoms with Crippen LogP contribution >= 0.6 is 0 Å². The lowest BCUT2D eigenvalue weighted by Crippen LogP contribution is -2.41. The molecule has 220 valence electrons. The number of aromatic amines is 1. The molecule has 0 radical (unpaired) electrons. The second-order valence-electron chi connectivity index (χ2n) is 11.0. The van der Waals surface area contributed by atoms with Crippen LogP contribution in [0.3, 0.4) is 0 Å². The molecule has 0 fully saturated rings. The fourth-order valence-corrected chi connectivity index (χ4v) is 10.0. The van der Waals surface area contributed by atoms with Crippen molar-refractivity contribution < 1.29 is 17.6 Å². The molecular formula is C32H41F3N4OSi. The lowest BCUT2D eigenvalue weighted by molar-refractivity contribution is -0.141. The van der Waals surface area contributed by atoms with E-state index in [1.165, 1.54) is 0 Å². The Labute approximate surface area is 242 Å². The minimum atomic E-state index is -4.52. The number of allylic oxidation sites excluding steroid dienone is 1. The molecule has 41 heavy (non-hydrogen) atoms. The predicted molar refractivity (Wildman–Crippen MR) is 164 cm³/mol. The summed E-state index contributed by atoms with van der Waals surface area (Å²) in [4.78, 5) is 9.22. The van der Waals surface area contributed by atoms with E-state index in [1.807, 2.05) is 49.4 Å². The molecule has 2 aromatic heterocycles. The Morgan fingerprint density at radius 1 is 0.878 bits per heavy atom. The zero-order valence-electron chi connectivity index (χ0n) is 24.6. The van der Waals surface area contributed by atoms with Crippen LogP contribution in [0.2, 0.25) is 18.1 Å². The van der Waals surface area contributed by atoms with E-state index in [4.69, 9.17) is 9.41 Å². The van der Waals surface area contributed by atoms with Crippen LogP contribution < -0.4 is 4.43 Å². The number of rotatable bonds is 14. The topological polar surface area (TPSA) is 63.2 Å².